The lowest BCUT2D eigenvalue weighted by Gasteiger charge is -2.13. The molecule has 0 aliphatic carbocycles. The maximum Gasteiger partial charge on any atom is 0.134 e. The number of rotatable bonds is 5. The summed E-state index contributed by atoms with van der Waals surface area (Å²) in [7, 11) is 1.63. The molecule has 0 aliphatic heterocycles. The molecular formula is C17H19FN4O. The molecule has 2 aromatic heterocycles. The molecule has 5 nitrogen and oxygen atoms in total. The maximum atomic E-state index is 14.6. The number of aromatic nitrogens is 3. The lowest BCUT2D eigenvalue weighted by Crippen LogP contribution is -2.16. The van der Waals surface area contributed by atoms with E-state index >= 15 is 0 Å². The van der Waals surface area contributed by atoms with Gasteiger partial charge in [-0.3, -0.25) is 4.98 Å². The zero-order valence-electron chi connectivity index (χ0n) is 13.2. The minimum Gasteiger partial charge on any atom is -0.383 e. The third kappa shape index (κ3) is 2.83. The minimum atomic E-state index is -0.328. The highest BCUT2D eigenvalue weighted by Crippen LogP contribution is 2.32. The Hall–Kier alpha value is -2.31. The molecule has 1 aromatic carbocycles. The summed E-state index contributed by atoms with van der Waals surface area (Å²) in [6.45, 7) is 2.90. The Bertz CT molecular complexity index is 814. The van der Waals surface area contributed by atoms with E-state index in [1.165, 1.54) is 6.07 Å². The van der Waals surface area contributed by atoms with Gasteiger partial charge in [0.25, 0.3) is 0 Å². The van der Waals surface area contributed by atoms with E-state index in [9.17, 15) is 4.39 Å². The van der Waals surface area contributed by atoms with Crippen LogP contribution >= 0.6 is 0 Å². The summed E-state index contributed by atoms with van der Waals surface area (Å²) in [5, 5.41) is 0. The average molecular weight is 314 g/mol. The SMILES string of the molecule is COCCn1c(C(C)N)nc2ccc(F)c(-c3ccccn3)c21. The van der Waals surface area contributed by atoms with Crippen LogP contribution in [-0.4, -0.2) is 28.3 Å². The van der Waals surface area contributed by atoms with Gasteiger partial charge in [0.1, 0.15) is 11.6 Å². The quantitative estimate of drug-likeness (QED) is 0.786. The number of imidazole rings is 1. The lowest BCUT2D eigenvalue weighted by atomic mass is 10.1. The number of hydrogen-bond acceptors (Lipinski definition) is 4. The van der Waals surface area contributed by atoms with E-state index in [4.69, 9.17) is 10.5 Å². The topological polar surface area (TPSA) is 66.0 Å². The summed E-state index contributed by atoms with van der Waals surface area (Å²) >= 11 is 0. The number of methoxy groups -OCH3 is 1. The van der Waals surface area contributed by atoms with Crippen molar-refractivity contribution < 1.29 is 9.13 Å². The van der Waals surface area contributed by atoms with Gasteiger partial charge < -0.3 is 15.0 Å². The Labute approximate surface area is 133 Å². The molecule has 1 unspecified atom stereocenters. The number of nitrogens with two attached hydrogens (primary N) is 1. The van der Waals surface area contributed by atoms with Crippen molar-refractivity contribution in [3.8, 4) is 11.3 Å². The molecule has 0 saturated heterocycles. The third-order valence-corrected chi connectivity index (χ3v) is 3.73. The van der Waals surface area contributed by atoms with Gasteiger partial charge in [0.05, 0.1) is 34.9 Å². The molecule has 2 N–H and O–H groups in total. The summed E-state index contributed by atoms with van der Waals surface area (Å²) in [6, 6.07) is 8.26. The smallest absolute Gasteiger partial charge is 0.134 e. The minimum absolute atomic E-state index is 0.265. The molecular weight excluding hydrogens is 295 g/mol. The number of halogens is 1. The van der Waals surface area contributed by atoms with Crippen LogP contribution in [0.1, 0.15) is 18.8 Å². The van der Waals surface area contributed by atoms with Gasteiger partial charge in [0.15, 0.2) is 0 Å². The number of benzene rings is 1. The molecule has 3 aromatic rings. The van der Waals surface area contributed by atoms with Crippen molar-refractivity contribution in [2.24, 2.45) is 5.73 Å². The van der Waals surface area contributed by atoms with E-state index in [-0.39, 0.29) is 11.9 Å². The van der Waals surface area contributed by atoms with E-state index < -0.39 is 0 Å². The van der Waals surface area contributed by atoms with Gasteiger partial charge in [-0.25, -0.2) is 9.37 Å². The second-order valence-corrected chi connectivity index (χ2v) is 5.41. The fraction of sp³-hybridized carbons (Fsp3) is 0.294. The lowest BCUT2D eigenvalue weighted by molar-refractivity contribution is 0.187. The predicted molar refractivity (Wildman–Crippen MR) is 87.4 cm³/mol. The molecule has 0 fully saturated rings. The molecule has 120 valence electrons. The Morgan fingerprint density at radius 2 is 2.13 bits per heavy atom. The molecule has 0 aliphatic rings. The summed E-state index contributed by atoms with van der Waals surface area (Å²) in [4.78, 5) is 8.87. The number of nitrogens with zero attached hydrogens (tertiary/aromatic N) is 3. The van der Waals surface area contributed by atoms with E-state index in [1.54, 1.807) is 31.5 Å². The van der Waals surface area contributed by atoms with Crippen molar-refractivity contribution in [1.29, 1.82) is 0 Å². The standard InChI is InChI=1S/C17H19FN4O/c1-11(19)17-21-14-7-6-12(18)15(13-5-3-4-8-20-13)16(14)22(17)9-10-23-2/h3-8,11H,9-10,19H2,1-2H3. The van der Waals surface area contributed by atoms with Crippen molar-refractivity contribution in [3.63, 3.8) is 0 Å². The first-order valence-electron chi connectivity index (χ1n) is 7.48. The van der Waals surface area contributed by atoms with E-state index in [0.717, 1.165) is 0 Å². The van der Waals surface area contributed by atoms with Crippen molar-refractivity contribution in [2.45, 2.75) is 19.5 Å². The highest BCUT2D eigenvalue weighted by Gasteiger charge is 2.20. The first kappa shape index (κ1) is 15.6. The molecule has 2 heterocycles. The summed E-state index contributed by atoms with van der Waals surface area (Å²) in [6.07, 6.45) is 1.65. The number of hydrogen-bond donors (Lipinski definition) is 1. The van der Waals surface area contributed by atoms with Crippen LogP contribution in [0.15, 0.2) is 36.5 Å². The van der Waals surface area contributed by atoms with Gasteiger partial charge in [-0.1, -0.05) is 6.07 Å². The van der Waals surface area contributed by atoms with Gasteiger partial charge in [0.2, 0.25) is 0 Å². The van der Waals surface area contributed by atoms with Crippen LogP contribution in [0.4, 0.5) is 4.39 Å². The van der Waals surface area contributed by atoms with Gasteiger partial charge in [-0.05, 0) is 31.2 Å². The van der Waals surface area contributed by atoms with Crippen LogP contribution in [0.2, 0.25) is 0 Å². The molecule has 0 saturated carbocycles. The average Bonchev–Trinajstić information content (AvgIpc) is 2.92. The van der Waals surface area contributed by atoms with Crippen LogP contribution in [0.5, 0.6) is 0 Å². The van der Waals surface area contributed by atoms with Gasteiger partial charge in [-0.2, -0.15) is 0 Å². The second-order valence-electron chi connectivity index (χ2n) is 5.41. The Morgan fingerprint density at radius 1 is 1.30 bits per heavy atom. The van der Waals surface area contributed by atoms with E-state index in [1.807, 2.05) is 17.6 Å². The number of ether oxygens (including phenoxy) is 1. The molecule has 0 spiro atoms. The van der Waals surface area contributed by atoms with Crippen molar-refractivity contribution in [1.82, 2.24) is 14.5 Å². The maximum absolute atomic E-state index is 14.6. The monoisotopic (exact) mass is 314 g/mol. The van der Waals surface area contributed by atoms with Gasteiger partial charge >= 0.3 is 0 Å². The largest absolute Gasteiger partial charge is 0.383 e. The van der Waals surface area contributed by atoms with Gasteiger partial charge in [-0.15, -0.1) is 0 Å². The highest BCUT2D eigenvalue weighted by atomic mass is 19.1. The second kappa shape index (κ2) is 6.44. The van der Waals surface area contributed by atoms with Gasteiger partial charge in [0, 0.05) is 19.9 Å². The molecule has 3 rings (SSSR count). The highest BCUT2D eigenvalue weighted by molar-refractivity contribution is 5.92. The van der Waals surface area contributed by atoms with Crippen LogP contribution in [0.25, 0.3) is 22.3 Å². The van der Waals surface area contributed by atoms with E-state index in [0.29, 0.717) is 41.3 Å². The Balaban J connectivity index is 2.32. The van der Waals surface area contributed by atoms with E-state index in [2.05, 4.69) is 9.97 Å². The molecule has 6 heteroatoms. The molecule has 23 heavy (non-hydrogen) atoms. The van der Waals surface area contributed by atoms with Crippen LogP contribution < -0.4 is 5.73 Å². The fourth-order valence-electron chi connectivity index (χ4n) is 2.73. The van der Waals surface area contributed by atoms with Crippen LogP contribution in [0, 0.1) is 5.82 Å². The zero-order valence-corrected chi connectivity index (χ0v) is 13.2. The Kier molecular flexibility index (Phi) is 4.36. The fourth-order valence-corrected chi connectivity index (χ4v) is 2.73. The van der Waals surface area contributed by atoms with Crippen LogP contribution in [-0.2, 0) is 11.3 Å². The normalized spacial score (nSPS) is 12.7. The zero-order chi connectivity index (χ0) is 16.4. The summed E-state index contributed by atoms with van der Waals surface area (Å²) in [5.41, 5.74) is 8.47. The van der Waals surface area contributed by atoms with Crippen molar-refractivity contribution in [2.75, 3.05) is 13.7 Å². The molecule has 0 bridgehead atoms. The molecule has 0 radical (unpaired) electrons. The first-order chi connectivity index (χ1) is 11.1. The third-order valence-electron chi connectivity index (χ3n) is 3.73. The molecule has 0 amide bonds. The predicted octanol–water partition coefficient (Wildman–Crippen LogP) is 2.90. The van der Waals surface area contributed by atoms with Crippen molar-refractivity contribution >= 4 is 11.0 Å². The number of pyridine rings is 1. The van der Waals surface area contributed by atoms with Crippen LogP contribution in [0.3, 0.4) is 0 Å². The van der Waals surface area contributed by atoms with Crippen molar-refractivity contribution in [3.05, 3.63) is 48.2 Å². The Morgan fingerprint density at radius 3 is 2.78 bits per heavy atom. The number of fused-ring (bicyclic) bond motifs is 1. The first-order valence-corrected chi connectivity index (χ1v) is 7.48. The summed E-state index contributed by atoms with van der Waals surface area (Å²) in [5.74, 6) is 0.380. The molecule has 1 atom stereocenters. The summed E-state index contributed by atoms with van der Waals surface area (Å²) < 4.78 is 21.7.